The summed E-state index contributed by atoms with van der Waals surface area (Å²) in [6.07, 6.45) is 4.29. The third kappa shape index (κ3) is 2.53. The van der Waals surface area contributed by atoms with E-state index in [1.807, 2.05) is 6.92 Å². The lowest BCUT2D eigenvalue weighted by molar-refractivity contribution is 0.103. The first-order chi connectivity index (χ1) is 7.65. The van der Waals surface area contributed by atoms with Crippen molar-refractivity contribution in [2.24, 2.45) is 0 Å². The summed E-state index contributed by atoms with van der Waals surface area (Å²) < 4.78 is 0. The van der Waals surface area contributed by atoms with Crippen LogP contribution in [0.2, 0.25) is 5.15 Å². The lowest BCUT2D eigenvalue weighted by Crippen LogP contribution is -2.11. The van der Waals surface area contributed by atoms with Crippen molar-refractivity contribution in [1.82, 2.24) is 15.0 Å². The largest absolute Gasteiger partial charge is 0.305 e. The number of aromatic nitrogens is 3. The molecule has 0 aliphatic carbocycles. The Bertz CT molecular complexity index is 510. The van der Waals surface area contributed by atoms with Crippen LogP contribution in [0.15, 0.2) is 18.6 Å². The Morgan fingerprint density at radius 2 is 2.12 bits per heavy atom. The molecule has 5 nitrogen and oxygen atoms in total. The topological polar surface area (TPSA) is 67.8 Å². The third-order valence-corrected chi connectivity index (χ3v) is 2.81. The van der Waals surface area contributed by atoms with E-state index in [2.05, 4.69) is 20.3 Å². The van der Waals surface area contributed by atoms with Gasteiger partial charge in [0, 0.05) is 0 Å². The maximum Gasteiger partial charge on any atom is 0.268 e. The molecule has 0 aliphatic rings. The summed E-state index contributed by atoms with van der Waals surface area (Å²) in [6, 6.07) is 0. The number of hydrogen-bond acceptors (Lipinski definition) is 5. The molecule has 2 aromatic rings. The quantitative estimate of drug-likeness (QED) is 0.892. The molecular formula is C9H7ClN4OS. The number of rotatable bonds is 2. The van der Waals surface area contributed by atoms with Crippen molar-refractivity contribution in [1.29, 1.82) is 0 Å². The van der Waals surface area contributed by atoms with Gasteiger partial charge < -0.3 is 5.32 Å². The number of thiazole rings is 1. The number of halogens is 1. The van der Waals surface area contributed by atoms with E-state index in [9.17, 15) is 4.79 Å². The van der Waals surface area contributed by atoms with Crippen LogP contribution in [0.5, 0.6) is 0 Å². The first-order valence-electron chi connectivity index (χ1n) is 4.36. The van der Waals surface area contributed by atoms with Crippen molar-refractivity contribution in [2.45, 2.75) is 6.92 Å². The Labute approximate surface area is 101 Å². The zero-order valence-corrected chi connectivity index (χ0v) is 9.84. The van der Waals surface area contributed by atoms with Crippen LogP contribution in [0, 0.1) is 6.92 Å². The lowest BCUT2D eigenvalue weighted by atomic mass is 10.5. The van der Waals surface area contributed by atoms with E-state index in [1.165, 1.54) is 29.9 Å². The van der Waals surface area contributed by atoms with Crippen LogP contribution in [0.1, 0.15) is 14.7 Å². The highest BCUT2D eigenvalue weighted by Crippen LogP contribution is 2.13. The van der Waals surface area contributed by atoms with Crippen molar-refractivity contribution in [3.63, 3.8) is 0 Å². The smallest absolute Gasteiger partial charge is 0.268 e. The second-order valence-corrected chi connectivity index (χ2v) is 4.54. The first-order valence-corrected chi connectivity index (χ1v) is 5.56. The molecular weight excluding hydrogens is 248 g/mol. The summed E-state index contributed by atoms with van der Waals surface area (Å²) in [5, 5.41) is 3.72. The predicted octanol–water partition coefficient (Wildman–Crippen LogP) is 2.15. The van der Waals surface area contributed by atoms with E-state index in [0.29, 0.717) is 10.7 Å². The average Bonchev–Trinajstić information content (AvgIpc) is 2.68. The molecule has 1 N–H and O–H groups in total. The van der Waals surface area contributed by atoms with E-state index < -0.39 is 0 Å². The van der Waals surface area contributed by atoms with Gasteiger partial charge in [0.25, 0.3) is 5.91 Å². The van der Waals surface area contributed by atoms with Gasteiger partial charge in [-0.2, -0.15) is 0 Å². The van der Waals surface area contributed by atoms with Crippen molar-refractivity contribution >= 4 is 34.7 Å². The second kappa shape index (κ2) is 4.54. The number of amides is 1. The van der Waals surface area contributed by atoms with Gasteiger partial charge in [0.1, 0.15) is 10.0 Å². The van der Waals surface area contributed by atoms with Gasteiger partial charge in [0.05, 0.1) is 23.6 Å². The molecule has 16 heavy (non-hydrogen) atoms. The van der Waals surface area contributed by atoms with Crippen LogP contribution in [0.25, 0.3) is 0 Å². The standard InChI is InChI=1S/C9H7ClN4OS/c1-5-11-2-6(16-5)9(15)14-8-4-12-7(10)3-13-8/h2-4H,1H3,(H,13,14,15). The molecule has 1 amide bonds. The number of carbonyl (C=O) groups excluding carboxylic acids is 1. The Morgan fingerprint density at radius 1 is 1.31 bits per heavy atom. The van der Waals surface area contributed by atoms with E-state index in [4.69, 9.17) is 11.6 Å². The number of hydrogen-bond donors (Lipinski definition) is 1. The Hall–Kier alpha value is -1.53. The van der Waals surface area contributed by atoms with E-state index >= 15 is 0 Å². The highest BCUT2D eigenvalue weighted by atomic mass is 35.5. The van der Waals surface area contributed by atoms with E-state index in [1.54, 1.807) is 0 Å². The molecule has 82 valence electrons. The van der Waals surface area contributed by atoms with Gasteiger partial charge in [-0.1, -0.05) is 11.6 Å². The zero-order chi connectivity index (χ0) is 11.5. The van der Waals surface area contributed by atoms with Crippen LogP contribution in [0.3, 0.4) is 0 Å². The van der Waals surface area contributed by atoms with Crippen molar-refractivity contribution in [3.8, 4) is 0 Å². The van der Waals surface area contributed by atoms with Crippen LogP contribution in [-0.4, -0.2) is 20.9 Å². The van der Waals surface area contributed by atoms with Crippen LogP contribution in [0.4, 0.5) is 5.82 Å². The van der Waals surface area contributed by atoms with E-state index in [-0.39, 0.29) is 11.1 Å². The number of nitrogens with one attached hydrogen (secondary N) is 1. The van der Waals surface area contributed by atoms with Crippen molar-refractivity contribution in [2.75, 3.05) is 5.32 Å². The molecule has 2 rings (SSSR count). The minimum Gasteiger partial charge on any atom is -0.305 e. The minimum absolute atomic E-state index is 0.248. The zero-order valence-electron chi connectivity index (χ0n) is 8.27. The Kier molecular flexibility index (Phi) is 3.12. The average molecular weight is 255 g/mol. The summed E-state index contributed by atoms with van der Waals surface area (Å²) in [5.74, 6) is 0.114. The fourth-order valence-corrected chi connectivity index (χ4v) is 1.79. The molecule has 0 spiro atoms. The molecule has 2 aromatic heterocycles. The molecule has 2 heterocycles. The lowest BCUT2D eigenvalue weighted by Gasteiger charge is -2.00. The molecule has 0 aliphatic heterocycles. The van der Waals surface area contributed by atoms with Gasteiger partial charge >= 0.3 is 0 Å². The van der Waals surface area contributed by atoms with Gasteiger partial charge in [-0.25, -0.2) is 15.0 Å². The Morgan fingerprint density at radius 3 is 2.69 bits per heavy atom. The van der Waals surface area contributed by atoms with E-state index in [0.717, 1.165) is 5.01 Å². The maximum absolute atomic E-state index is 11.7. The highest BCUT2D eigenvalue weighted by Gasteiger charge is 2.09. The molecule has 7 heteroatoms. The van der Waals surface area contributed by atoms with Crippen molar-refractivity contribution in [3.05, 3.63) is 33.6 Å². The summed E-state index contributed by atoms with van der Waals surface area (Å²) in [6.45, 7) is 1.84. The summed E-state index contributed by atoms with van der Waals surface area (Å²) >= 11 is 6.90. The fraction of sp³-hybridized carbons (Fsp3) is 0.111. The minimum atomic E-state index is -0.248. The SMILES string of the molecule is Cc1ncc(C(=O)Nc2cnc(Cl)cn2)s1. The molecule has 0 bridgehead atoms. The predicted molar refractivity (Wildman–Crippen MR) is 61.8 cm³/mol. The normalized spacial score (nSPS) is 10.1. The van der Waals surface area contributed by atoms with Gasteiger partial charge in [-0.3, -0.25) is 4.79 Å². The summed E-state index contributed by atoms with van der Waals surface area (Å²) in [4.78, 5) is 23.9. The molecule has 0 saturated heterocycles. The van der Waals surface area contributed by atoms with Crippen LogP contribution >= 0.6 is 22.9 Å². The van der Waals surface area contributed by atoms with Crippen LogP contribution in [-0.2, 0) is 0 Å². The molecule has 0 aromatic carbocycles. The van der Waals surface area contributed by atoms with Gasteiger partial charge in [0.2, 0.25) is 0 Å². The van der Waals surface area contributed by atoms with Crippen molar-refractivity contribution < 1.29 is 4.79 Å². The first kappa shape index (κ1) is 11.0. The monoisotopic (exact) mass is 254 g/mol. The summed E-state index contributed by atoms with van der Waals surface area (Å²) in [7, 11) is 0. The number of aryl methyl sites for hydroxylation is 1. The molecule has 0 atom stereocenters. The second-order valence-electron chi connectivity index (χ2n) is 2.92. The molecule has 0 unspecified atom stereocenters. The fourth-order valence-electron chi connectivity index (χ4n) is 1.02. The van der Waals surface area contributed by atoms with Gasteiger partial charge in [-0.05, 0) is 6.92 Å². The molecule has 0 saturated carbocycles. The van der Waals surface area contributed by atoms with Gasteiger partial charge in [-0.15, -0.1) is 11.3 Å². The highest BCUT2D eigenvalue weighted by molar-refractivity contribution is 7.13. The number of anilines is 1. The maximum atomic E-state index is 11.7. The molecule has 0 fully saturated rings. The summed E-state index contributed by atoms with van der Waals surface area (Å²) in [5.41, 5.74) is 0. The Balaban J connectivity index is 2.10. The third-order valence-electron chi connectivity index (χ3n) is 1.71. The number of nitrogens with zero attached hydrogens (tertiary/aromatic N) is 3. The molecule has 0 radical (unpaired) electrons. The number of carbonyl (C=O) groups is 1. The van der Waals surface area contributed by atoms with Crippen LogP contribution < -0.4 is 5.32 Å². The van der Waals surface area contributed by atoms with Gasteiger partial charge in [0.15, 0.2) is 5.82 Å².